The van der Waals surface area contributed by atoms with E-state index in [4.69, 9.17) is 4.74 Å². The Labute approximate surface area is 190 Å². The highest BCUT2D eigenvalue weighted by Crippen LogP contribution is 2.29. The molecule has 0 radical (unpaired) electrons. The summed E-state index contributed by atoms with van der Waals surface area (Å²) >= 11 is 0. The standard InChI is InChI=1S/C26H20N4O3/c1-15-12-21-22(13-16(15)2)29-24-23(28-21)25(31)30(26(24)32)19-8-6-18(7-9-19)27-14-17-4-10-20(33-3)11-5-17/h4-14H,1-3H3. The Morgan fingerprint density at radius 1 is 0.818 bits per heavy atom. The summed E-state index contributed by atoms with van der Waals surface area (Å²) in [5.74, 6) is -0.172. The Morgan fingerprint density at radius 3 is 1.88 bits per heavy atom. The average Bonchev–Trinajstić information content (AvgIpc) is 3.07. The summed E-state index contributed by atoms with van der Waals surface area (Å²) in [4.78, 5) is 40.5. The fourth-order valence-corrected chi connectivity index (χ4v) is 3.68. The number of amides is 2. The number of hydrogen-bond acceptors (Lipinski definition) is 6. The van der Waals surface area contributed by atoms with Crippen molar-refractivity contribution in [1.29, 1.82) is 0 Å². The van der Waals surface area contributed by atoms with Crippen molar-refractivity contribution in [2.75, 3.05) is 12.0 Å². The van der Waals surface area contributed by atoms with Crippen LogP contribution in [0.2, 0.25) is 0 Å². The smallest absolute Gasteiger partial charge is 0.286 e. The Balaban J connectivity index is 1.41. The van der Waals surface area contributed by atoms with Gasteiger partial charge >= 0.3 is 0 Å². The number of benzene rings is 3. The highest BCUT2D eigenvalue weighted by Gasteiger charge is 2.40. The molecule has 33 heavy (non-hydrogen) atoms. The van der Waals surface area contributed by atoms with Crippen molar-refractivity contribution in [2.45, 2.75) is 13.8 Å². The fourth-order valence-electron chi connectivity index (χ4n) is 3.68. The van der Waals surface area contributed by atoms with Crippen LogP contribution in [0.15, 0.2) is 65.7 Å². The predicted octanol–water partition coefficient (Wildman–Crippen LogP) is 4.81. The van der Waals surface area contributed by atoms with E-state index in [0.29, 0.717) is 22.4 Å². The van der Waals surface area contributed by atoms with E-state index < -0.39 is 11.8 Å². The number of nitrogens with zero attached hydrogens (tertiary/aromatic N) is 4. The molecule has 0 saturated carbocycles. The molecular weight excluding hydrogens is 416 g/mol. The Hall–Kier alpha value is -4.39. The minimum atomic E-state index is -0.475. The lowest BCUT2D eigenvalue weighted by atomic mass is 10.1. The van der Waals surface area contributed by atoms with Gasteiger partial charge in [-0.25, -0.2) is 14.9 Å². The molecule has 2 amide bonds. The van der Waals surface area contributed by atoms with Crippen LogP contribution in [-0.2, 0) is 0 Å². The number of anilines is 1. The molecule has 5 rings (SSSR count). The highest BCUT2D eigenvalue weighted by atomic mass is 16.5. The Kier molecular flexibility index (Phi) is 4.94. The van der Waals surface area contributed by atoms with Crippen molar-refractivity contribution in [3.63, 3.8) is 0 Å². The van der Waals surface area contributed by atoms with Gasteiger partial charge in [0.2, 0.25) is 0 Å². The second kappa shape index (κ2) is 7.94. The number of aromatic nitrogens is 2. The van der Waals surface area contributed by atoms with Crippen LogP contribution in [-0.4, -0.2) is 35.1 Å². The van der Waals surface area contributed by atoms with Gasteiger partial charge in [-0.2, -0.15) is 0 Å². The number of aryl methyl sites for hydroxylation is 2. The first-order chi connectivity index (χ1) is 15.9. The maximum atomic E-state index is 13.0. The quantitative estimate of drug-likeness (QED) is 0.339. The number of carbonyl (C=O) groups is 2. The van der Waals surface area contributed by atoms with Crippen LogP contribution < -0.4 is 9.64 Å². The van der Waals surface area contributed by atoms with Gasteiger partial charge in [0.25, 0.3) is 11.8 Å². The molecule has 0 aliphatic carbocycles. The second-order valence-electron chi connectivity index (χ2n) is 7.84. The van der Waals surface area contributed by atoms with Crippen LogP contribution in [0.5, 0.6) is 5.75 Å². The maximum absolute atomic E-state index is 13.0. The lowest BCUT2D eigenvalue weighted by Gasteiger charge is -2.13. The summed E-state index contributed by atoms with van der Waals surface area (Å²) in [6.07, 6.45) is 1.74. The van der Waals surface area contributed by atoms with E-state index in [9.17, 15) is 9.59 Å². The van der Waals surface area contributed by atoms with Crippen LogP contribution >= 0.6 is 0 Å². The second-order valence-corrected chi connectivity index (χ2v) is 7.84. The van der Waals surface area contributed by atoms with Crippen LogP contribution in [0, 0.1) is 13.8 Å². The molecule has 7 heteroatoms. The van der Waals surface area contributed by atoms with E-state index in [1.807, 2.05) is 50.2 Å². The molecular formula is C26H20N4O3. The first-order valence-electron chi connectivity index (χ1n) is 10.4. The number of fused-ring (bicyclic) bond motifs is 2. The van der Waals surface area contributed by atoms with E-state index in [0.717, 1.165) is 27.3 Å². The van der Waals surface area contributed by atoms with Crippen molar-refractivity contribution in [3.8, 4) is 5.75 Å². The normalized spacial score (nSPS) is 13.2. The molecule has 3 aromatic carbocycles. The molecule has 0 fully saturated rings. The lowest BCUT2D eigenvalue weighted by Crippen LogP contribution is -2.29. The van der Waals surface area contributed by atoms with Crippen molar-refractivity contribution in [3.05, 3.63) is 88.7 Å². The average molecular weight is 436 g/mol. The lowest BCUT2D eigenvalue weighted by molar-refractivity contribution is 0.0923. The van der Waals surface area contributed by atoms with Crippen molar-refractivity contribution in [1.82, 2.24) is 9.97 Å². The molecule has 1 aromatic heterocycles. The summed E-state index contributed by atoms with van der Waals surface area (Å²) in [5, 5.41) is 0. The van der Waals surface area contributed by atoms with Gasteiger partial charge in [-0.15, -0.1) is 0 Å². The third-order valence-electron chi connectivity index (χ3n) is 5.68. The monoisotopic (exact) mass is 436 g/mol. The highest BCUT2D eigenvalue weighted by molar-refractivity contribution is 6.33. The maximum Gasteiger partial charge on any atom is 0.286 e. The minimum Gasteiger partial charge on any atom is -0.497 e. The van der Waals surface area contributed by atoms with Gasteiger partial charge in [-0.1, -0.05) is 0 Å². The van der Waals surface area contributed by atoms with E-state index in [1.165, 1.54) is 0 Å². The minimum absolute atomic E-state index is 0.0809. The molecule has 1 aliphatic rings. The van der Waals surface area contributed by atoms with Gasteiger partial charge in [0, 0.05) is 6.21 Å². The number of imide groups is 1. The zero-order chi connectivity index (χ0) is 23.1. The molecule has 4 aromatic rings. The Morgan fingerprint density at radius 2 is 1.36 bits per heavy atom. The van der Waals surface area contributed by atoms with Gasteiger partial charge in [0.1, 0.15) is 5.75 Å². The zero-order valence-electron chi connectivity index (χ0n) is 18.4. The molecule has 0 spiro atoms. The number of rotatable bonds is 4. The van der Waals surface area contributed by atoms with Crippen LogP contribution in [0.3, 0.4) is 0 Å². The molecule has 162 valence electrons. The molecule has 0 N–H and O–H groups in total. The largest absolute Gasteiger partial charge is 0.497 e. The van der Waals surface area contributed by atoms with E-state index in [1.54, 1.807) is 37.6 Å². The van der Waals surface area contributed by atoms with Gasteiger partial charge in [-0.05, 0) is 91.2 Å². The van der Waals surface area contributed by atoms with E-state index >= 15 is 0 Å². The summed E-state index contributed by atoms with van der Waals surface area (Å²) in [7, 11) is 1.62. The van der Waals surface area contributed by atoms with Gasteiger partial charge in [-0.3, -0.25) is 14.6 Å². The SMILES string of the molecule is COc1ccc(C=Nc2ccc(N3C(=O)c4nc5cc(C)c(C)cc5nc4C3=O)cc2)cc1. The molecule has 0 bridgehead atoms. The number of methoxy groups -OCH3 is 1. The third-order valence-corrected chi connectivity index (χ3v) is 5.68. The van der Waals surface area contributed by atoms with Gasteiger partial charge in [0.05, 0.1) is 29.5 Å². The molecule has 0 atom stereocenters. The number of ether oxygens (including phenoxy) is 1. The molecule has 0 unspecified atom stereocenters. The molecule has 1 aliphatic heterocycles. The fraction of sp³-hybridized carbons (Fsp3) is 0.115. The van der Waals surface area contributed by atoms with Crippen LogP contribution in [0.4, 0.5) is 11.4 Å². The summed E-state index contributed by atoms with van der Waals surface area (Å²) in [6.45, 7) is 3.95. The summed E-state index contributed by atoms with van der Waals surface area (Å²) in [5.41, 5.74) is 5.53. The summed E-state index contributed by atoms with van der Waals surface area (Å²) < 4.78 is 5.15. The first kappa shape index (κ1) is 20.5. The third kappa shape index (κ3) is 3.63. The zero-order valence-corrected chi connectivity index (χ0v) is 18.4. The summed E-state index contributed by atoms with van der Waals surface area (Å²) in [6, 6.07) is 18.2. The van der Waals surface area contributed by atoms with Crippen molar-refractivity contribution >= 4 is 40.4 Å². The Bertz CT molecular complexity index is 1380. The molecule has 7 nitrogen and oxygen atoms in total. The number of aliphatic imine (C=N–C) groups is 1. The topological polar surface area (TPSA) is 84.8 Å². The van der Waals surface area contributed by atoms with Gasteiger partial charge < -0.3 is 4.74 Å². The molecule has 2 heterocycles. The van der Waals surface area contributed by atoms with Crippen LogP contribution in [0.1, 0.15) is 37.7 Å². The van der Waals surface area contributed by atoms with Crippen molar-refractivity contribution in [2.24, 2.45) is 4.99 Å². The molecule has 0 saturated heterocycles. The first-order valence-corrected chi connectivity index (χ1v) is 10.4. The van der Waals surface area contributed by atoms with E-state index in [2.05, 4.69) is 15.0 Å². The number of carbonyl (C=O) groups excluding carboxylic acids is 2. The van der Waals surface area contributed by atoms with E-state index in [-0.39, 0.29) is 11.4 Å². The van der Waals surface area contributed by atoms with Gasteiger partial charge in [0.15, 0.2) is 11.4 Å². The predicted molar refractivity (Wildman–Crippen MR) is 127 cm³/mol. The van der Waals surface area contributed by atoms with Crippen LogP contribution in [0.25, 0.3) is 11.0 Å². The number of hydrogen-bond donors (Lipinski definition) is 0. The van der Waals surface area contributed by atoms with Crippen molar-refractivity contribution < 1.29 is 14.3 Å².